The van der Waals surface area contributed by atoms with Gasteiger partial charge in [0.05, 0.1) is 12.6 Å². The summed E-state index contributed by atoms with van der Waals surface area (Å²) in [6.45, 7) is 3.78. The Morgan fingerprint density at radius 3 is 2.88 bits per heavy atom. The first-order chi connectivity index (χ1) is 3.81. The average Bonchev–Trinajstić information content (AvgIpc) is 1.68. The molecule has 0 aliphatic carbocycles. The van der Waals surface area contributed by atoms with E-state index in [9.17, 15) is 0 Å². The Hall–Kier alpha value is -0.280. The second-order valence-corrected chi connectivity index (χ2v) is 1.75. The van der Waals surface area contributed by atoms with E-state index >= 15 is 0 Å². The van der Waals surface area contributed by atoms with Crippen LogP contribution < -0.4 is 0 Å². The number of aliphatic hydroxyl groups excluding tert-OH is 1. The zero-order chi connectivity index (χ0) is 6.41. The molecule has 0 heterocycles. The van der Waals surface area contributed by atoms with Crippen LogP contribution in [0.5, 0.6) is 0 Å². The van der Waals surface area contributed by atoms with Crippen LogP contribution >= 0.6 is 0 Å². The predicted octanol–water partition coefficient (Wildman–Crippen LogP) is 0.654. The van der Waals surface area contributed by atoms with Crippen molar-refractivity contribution < 1.29 is 5.11 Å². The standard InChI is InChI=1S/C5H9NOS/c1-2-3-5(7)4-6-8/h2,5,7H,1,3-4H2. The van der Waals surface area contributed by atoms with Gasteiger partial charge in [0.1, 0.15) is 0 Å². The summed E-state index contributed by atoms with van der Waals surface area (Å²) in [5.74, 6) is 0. The van der Waals surface area contributed by atoms with Gasteiger partial charge in [0.25, 0.3) is 0 Å². The smallest absolute Gasteiger partial charge is 0.0783 e. The van der Waals surface area contributed by atoms with E-state index in [2.05, 4.69) is 23.4 Å². The minimum Gasteiger partial charge on any atom is -0.391 e. The van der Waals surface area contributed by atoms with Gasteiger partial charge in [-0.3, -0.25) is 0 Å². The van der Waals surface area contributed by atoms with E-state index in [-0.39, 0.29) is 0 Å². The van der Waals surface area contributed by atoms with E-state index in [0.717, 1.165) is 0 Å². The fourth-order valence-corrected chi connectivity index (χ4v) is 0.525. The fraction of sp³-hybridized carbons (Fsp3) is 0.600. The van der Waals surface area contributed by atoms with Gasteiger partial charge in [0, 0.05) is 12.4 Å². The summed E-state index contributed by atoms with van der Waals surface area (Å²) < 4.78 is 3.34. The van der Waals surface area contributed by atoms with Crippen molar-refractivity contribution in [2.75, 3.05) is 6.54 Å². The molecule has 0 saturated heterocycles. The van der Waals surface area contributed by atoms with Gasteiger partial charge < -0.3 is 5.11 Å². The van der Waals surface area contributed by atoms with Crippen LogP contribution in [0.2, 0.25) is 0 Å². The minimum absolute atomic E-state index is 0.335. The first kappa shape index (κ1) is 7.72. The molecule has 1 atom stereocenters. The maximum absolute atomic E-state index is 8.82. The lowest BCUT2D eigenvalue weighted by Gasteiger charge is -1.99. The summed E-state index contributed by atoms with van der Waals surface area (Å²) in [6.07, 6.45) is 1.79. The molecule has 8 heavy (non-hydrogen) atoms. The summed E-state index contributed by atoms with van der Waals surface area (Å²) in [4.78, 5) is 0. The molecule has 1 unspecified atom stereocenters. The Kier molecular flexibility index (Phi) is 4.70. The summed E-state index contributed by atoms with van der Waals surface area (Å²) in [7, 11) is 0. The SMILES string of the molecule is C=CCC(O)CN=S. The normalized spacial score (nSPS) is 12.6. The largest absolute Gasteiger partial charge is 0.391 e. The number of hydrogen-bond acceptors (Lipinski definition) is 3. The van der Waals surface area contributed by atoms with Gasteiger partial charge in [-0.15, -0.1) is 6.58 Å². The van der Waals surface area contributed by atoms with Gasteiger partial charge >= 0.3 is 0 Å². The molecule has 0 aromatic carbocycles. The number of aliphatic hydroxyl groups is 1. The second-order valence-electron chi connectivity index (χ2n) is 1.49. The molecule has 0 spiro atoms. The van der Waals surface area contributed by atoms with Crippen LogP contribution in [0, 0.1) is 0 Å². The van der Waals surface area contributed by atoms with Crippen molar-refractivity contribution in [2.24, 2.45) is 4.36 Å². The molecule has 46 valence electrons. The molecule has 3 heteroatoms. The van der Waals surface area contributed by atoms with Crippen LogP contribution in [-0.4, -0.2) is 17.8 Å². The summed E-state index contributed by atoms with van der Waals surface area (Å²) in [5.41, 5.74) is 0. The van der Waals surface area contributed by atoms with Crippen LogP contribution in [0.3, 0.4) is 0 Å². The zero-order valence-electron chi connectivity index (χ0n) is 4.58. The number of rotatable bonds is 4. The second kappa shape index (κ2) is 4.87. The highest BCUT2D eigenvalue weighted by Gasteiger charge is 1.96. The Balaban J connectivity index is 3.16. The lowest BCUT2D eigenvalue weighted by molar-refractivity contribution is 0.187. The van der Waals surface area contributed by atoms with Gasteiger partial charge in [0.15, 0.2) is 0 Å². The molecule has 0 bridgehead atoms. The Morgan fingerprint density at radius 2 is 2.50 bits per heavy atom. The maximum Gasteiger partial charge on any atom is 0.0783 e. The summed E-state index contributed by atoms with van der Waals surface area (Å²) in [6, 6.07) is 0. The lowest BCUT2D eigenvalue weighted by atomic mass is 10.2. The van der Waals surface area contributed by atoms with Crippen molar-refractivity contribution >= 4 is 12.4 Å². The Labute approximate surface area is 54.4 Å². The van der Waals surface area contributed by atoms with Gasteiger partial charge in [0.2, 0.25) is 0 Å². The average molecular weight is 131 g/mol. The van der Waals surface area contributed by atoms with Crippen molar-refractivity contribution in [1.82, 2.24) is 0 Å². The van der Waals surface area contributed by atoms with Gasteiger partial charge in [-0.25, -0.2) is 4.36 Å². The first-order valence-corrected chi connectivity index (χ1v) is 2.76. The third-order valence-electron chi connectivity index (χ3n) is 0.724. The third-order valence-corrected chi connectivity index (χ3v) is 0.873. The van der Waals surface area contributed by atoms with Crippen molar-refractivity contribution in [3.63, 3.8) is 0 Å². The van der Waals surface area contributed by atoms with Crippen LogP contribution in [0.25, 0.3) is 0 Å². The van der Waals surface area contributed by atoms with Crippen LogP contribution in [-0.2, 0) is 12.4 Å². The molecule has 0 aliphatic heterocycles. The van der Waals surface area contributed by atoms with Crippen LogP contribution in [0.1, 0.15) is 6.42 Å². The van der Waals surface area contributed by atoms with Crippen LogP contribution in [0.15, 0.2) is 17.0 Å². The van der Waals surface area contributed by atoms with Gasteiger partial charge in [-0.2, -0.15) is 0 Å². The molecule has 0 fully saturated rings. The third kappa shape index (κ3) is 3.89. The van der Waals surface area contributed by atoms with E-state index in [1.165, 1.54) is 0 Å². The molecule has 0 amide bonds. The first-order valence-electron chi connectivity index (χ1n) is 2.39. The quantitative estimate of drug-likeness (QED) is 0.568. The molecule has 2 nitrogen and oxygen atoms in total. The van der Waals surface area contributed by atoms with E-state index in [1.54, 1.807) is 6.08 Å². The van der Waals surface area contributed by atoms with Crippen molar-refractivity contribution in [1.29, 1.82) is 0 Å². The maximum atomic E-state index is 8.82. The number of hydrogen-bond donors (Lipinski definition) is 1. The molecule has 1 N–H and O–H groups in total. The van der Waals surface area contributed by atoms with E-state index < -0.39 is 6.10 Å². The monoisotopic (exact) mass is 131 g/mol. The molecule has 0 rings (SSSR count). The topological polar surface area (TPSA) is 32.6 Å². The predicted molar refractivity (Wildman–Crippen MR) is 35.5 cm³/mol. The molecule has 0 aromatic heterocycles. The van der Waals surface area contributed by atoms with Gasteiger partial charge in [-0.1, -0.05) is 6.08 Å². The van der Waals surface area contributed by atoms with E-state index in [4.69, 9.17) is 5.11 Å². The highest BCUT2D eigenvalue weighted by Crippen LogP contribution is 1.90. The highest BCUT2D eigenvalue weighted by atomic mass is 32.1. The fourth-order valence-electron chi connectivity index (χ4n) is 0.353. The molecular weight excluding hydrogens is 122 g/mol. The Bertz CT molecular complexity index is 74.5. The molecular formula is C5H9NOS. The summed E-state index contributed by atoms with van der Waals surface area (Å²) in [5, 5.41) is 8.82. The highest BCUT2D eigenvalue weighted by molar-refractivity contribution is 7.47. The Morgan fingerprint density at radius 1 is 1.88 bits per heavy atom. The lowest BCUT2D eigenvalue weighted by Crippen LogP contribution is -2.07. The van der Waals surface area contributed by atoms with Gasteiger partial charge in [-0.05, 0) is 6.42 Å². The summed E-state index contributed by atoms with van der Waals surface area (Å²) >= 11 is 4.27. The van der Waals surface area contributed by atoms with E-state index in [1.807, 2.05) is 0 Å². The molecule has 0 aromatic rings. The molecule has 0 aliphatic rings. The molecule has 0 saturated carbocycles. The van der Waals surface area contributed by atoms with Crippen molar-refractivity contribution in [3.05, 3.63) is 12.7 Å². The van der Waals surface area contributed by atoms with E-state index in [0.29, 0.717) is 13.0 Å². The minimum atomic E-state index is -0.426. The molecule has 0 radical (unpaired) electrons. The van der Waals surface area contributed by atoms with Crippen molar-refractivity contribution in [2.45, 2.75) is 12.5 Å². The van der Waals surface area contributed by atoms with Crippen molar-refractivity contribution in [3.8, 4) is 0 Å². The number of nitrogens with zero attached hydrogens (tertiary/aromatic N) is 1. The van der Waals surface area contributed by atoms with Crippen LogP contribution in [0.4, 0.5) is 0 Å². The zero-order valence-corrected chi connectivity index (χ0v) is 5.40.